The third-order valence-electron chi connectivity index (χ3n) is 2.85. The molecule has 0 saturated carbocycles. The van der Waals surface area contributed by atoms with Gasteiger partial charge in [0.15, 0.2) is 0 Å². The van der Waals surface area contributed by atoms with E-state index in [1.165, 1.54) is 6.07 Å². The van der Waals surface area contributed by atoms with Crippen molar-refractivity contribution in [3.63, 3.8) is 0 Å². The minimum Gasteiger partial charge on any atom is -0.381 e. The first-order valence-electron chi connectivity index (χ1n) is 4.94. The Hall–Kier alpha value is -0.640. The smallest absolute Gasteiger partial charge is 0.129 e. The predicted octanol–water partition coefficient (Wildman–Crippen LogP) is 2.44. The lowest BCUT2D eigenvalue weighted by molar-refractivity contribution is 0.0510. The second-order valence-corrected chi connectivity index (χ2v) is 4.33. The van der Waals surface area contributed by atoms with Crippen molar-refractivity contribution in [1.29, 1.82) is 0 Å². The maximum absolute atomic E-state index is 13.7. The lowest BCUT2D eigenvalue weighted by Gasteiger charge is -2.34. The van der Waals surface area contributed by atoms with E-state index in [0.717, 1.165) is 0 Å². The van der Waals surface area contributed by atoms with E-state index in [9.17, 15) is 4.39 Å². The Balaban J connectivity index is 2.35. The van der Waals surface area contributed by atoms with Gasteiger partial charge in [0, 0.05) is 29.3 Å². The number of halogens is 2. The summed E-state index contributed by atoms with van der Waals surface area (Å²) in [7, 11) is 0. The molecule has 0 spiro atoms. The van der Waals surface area contributed by atoms with Crippen LogP contribution < -0.4 is 5.73 Å². The first kappa shape index (κ1) is 10.9. The topological polar surface area (TPSA) is 35.2 Å². The molecule has 0 atom stereocenters. The number of ether oxygens (including phenoxy) is 1. The van der Waals surface area contributed by atoms with Gasteiger partial charge >= 0.3 is 0 Å². The molecule has 1 aliphatic heterocycles. The van der Waals surface area contributed by atoms with Crippen LogP contribution in [0.2, 0.25) is 5.02 Å². The maximum Gasteiger partial charge on any atom is 0.129 e. The maximum atomic E-state index is 13.7. The number of hydrogen-bond donors (Lipinski definition) is 1. The van der Waals surface area contributed by atoms with Gasteiger partial charge < -0.3 is 10.5 Å². The van der Waals surface area contributed by atoms with E-state index in [-0.39, 0.29) is 5.82 Å². The minimum absolute atomic E-state index is 0.327. The van der Waals surface area contributed by atoms with E-state index in [2.05, 4.69) is 0 Å². The van der Waals surface area contributed by atoms with Crippen molar-refractivity contribution < 1.29 is 9.13 Å². The Bertz CT molecular complexity index is 364. The fraction of sp³-hybridized carbons (Fsp3) is 0.455. The molecular weight excluding hydrogens is 217 g/mol. The normalized spacial score (nSPS) is 20.2. The molecule has 4 heteroatoms. The van der Waals surface area contributed by atoms with Crippen molar-refractivity contribution in [2.45, 2.75) is 18.4 Å². The highest BCUT2D eigenvalue weighted by atomic mass is 35.5. The molecule has 0 unspecified atom stereocenters. The van der Waals surface area contributed by atoms with Gasteiger partial charge in [-0.2, -0.15) is 0 Å². The largest absolute Gasteiger partial charge is 0.381 e. The molecule has 2 nitrogen and oxygen atoms in total. The summed E-state index contributed by atoms with van der Waals surface area (Å²) in [5.41, 5.74) is 6.10. The quantitative estimate of drug-likeness (QED) is 0.803. The van der Waals surface area contributed by atoms with E-state index in [1.54, 1.807) is 12.1 Å². The summed E-state index contributed by atoms with van der Waals surface area (Å²) in [6, 6.07) is 4.65. The average Bonchev–Trinajstić information content (AvgIpc) is 2.18. The fourth-order valence-electron chi connectivity index (χ4n) is 1.90. The summed E-state index contributed by atoms with van der Waals surface area (Å²) in [4.78, 5) is 0. The van der Waals surface area contributed by atoms with Crippen LogP contribution in [0, 0.1) is 5.82 Å². The van der Waals surface area contributed by atoms with Crippen molar-refractivity contribution in [3.8, 4) is 0 Å². The van der Waals surface area contributed by atoms with Crippen LogP contribution in [0.25, 0.3) is 0 Å². The van der Waals surface area contributed by atoms with Crippen LogP contribution >= 0.6 is 11.6 Å². The van der Waals surface area contributed by atoms with Gasteiger partial charge in [0.25, 0.3) is 0 Å². The molecule has 0 aliphatic carbocycles. The standard InChI is InChI=1S/C11H13ClFNO/c12-8-1-2-9(10(13)7-8)11(14)3-5-15-6-4-11/h1-2,7H,3-6,14H2. The van der Waals surface area contributed by atoms with Gasteiger partial charge in [0.05, 0.1) is 0 Å². The van der Waals surface area contributed by atoms with E-state index < -0.39 is 5.54 Å². The first-order chi connectivity index (χ1) is 7.12. The van der Waals surface area contributed by atoms with Gasteiger partial charge in [-0.25, -0.2) is 4.39 Å². The summed E-state index contributed by atoms with van der Waals surface area (Å²) >= 11 is 5.70. The highest BCUT2D eigenvalue weighted by Gasteiger charge is 2.32. The number of hydrogen-bond acceptors (Lipinski definition) is 2. The molecule has 2 rings (SSSR count). The van der Waals surface area contributed by atoms with Crippen LogP contribution in [0.5, 0.6) is 0 Å². The van der Waals surface area contributed by atoms with Gasteiger partial charge in [-0.15, -0.1) is 0 Å². The van der Waals surface area contributed by atoms with E-state index in [4.69, 9.17) is 22.1 Å². The van der Waals surface area contributed by atoms with Crippen LogP contribution in [0.3, 0.4) is 0 Å². The van der Waals surface area contributed by atoms with Crippen molar-refractivity contribution in [2.24, 2.45) is 5.73 Å². The lowest BCUT2D eigenvalue weighted by Crippen LogP contribution is -2.42. The molecule has 0 radical (unpaired) electrons. The lowest BCUT2D eigenvalue weighted by atomic mass is 9.83. The van der Waals surface area contributed by atoms with Crippen molar-refractivity contribution in [2.75, 3.05) is 13.2 Å². The molecule has 82 valence electrons. The Morgan fingerprint density at radius 1 is 1.33 bits per heavy atom. The molecule has 2 N–H and O–H groups in total. The van der Waals surface area contributed by atoms with Crippen molar-refractivity contribution in [3.05, 3.63) is 34.6 Å². The zero-order valence-electron chi connectivity index (χ0n) is 8.30. The molecule has 0 aromatic heterocycles. The van der Waals surface area contributed by atoms with Crippen LogP contribution in [0.15, 0.2) is 18.2 Å². The fourth-order valence-corrected chi connectivity index (χ4v) is 2.06. The third kappa shape index (κ3) is 2.14. The molecule has 15 heavy (non-hydrogen) atoms. The van der Waals surface area contributed by atoms with Crippen molar-refractivity contribution in [1.82, 2.24) is 0 Å². The Kier molecular flexibility index (Phi) is 2.96. The summed E-state index contributed by atoms with van der Waals surface area (Å²) < 4.78 is 18.9. The molecule has 0 bridgehead atoms. The highest BCUT2D eigenvalue weighted by Crippen LogP contribution is 2.32. The van der Waals surface area contributed by atoms with Gasteiger partial charge in [-0.3, -0.25) is 0 Å². The van der Waals surface area contributed by atoms with Crippen molar-refractivity contribution >= 4 is 11.6 Å². The van der Waals surface area contributed by atoms with Gasteiger partial charge in [0.2, 0.25) is 0 Å². The summed E-state index contributed by atoms with van der Waals surface area (Å²) in [6.45, 7) is 1.16. The molecule has 0 amide bonds. The van der Waals surface area contributed by atoms with Crippen LogP contribution in [0.4, 0.5) is 4.39 Å². The summed E-state index contributed by atoms with van der Waals surface area (Å²) in [5.74, 6) is -0.327. The zero-order chi connectivity index (χ0) is 10.9. The van der Waals surface area contributed by atoms with Crippen LogP contribution in [0.1, 0.15) is 18.4 Å². The number of benzene rings is 1. The minimum atomic E-state index is -0.604. The van der Waals surface area contributed by atoms with Crippen LogP contribution in [-0.4, -0.2) is 13.2 Å². The Morgan fingerprint density at radius 2 is 2.00 bits per heavy atom. The molecule has 1 heterocycles. The second kappa shape index (κ2) is 4.08. The highest BCUT2D eigenvalue weighted by molar-refractivity contribution is 6.30. The van der Waals surface area contributed by atoms with Gasteiger partial charge in [-0.05, 0) is 25.0 Å². The molecular formula is C11H13ClFNO. The van der Waals surface area contributed by atoms with Gasteiger partial charge in [0.1, 0.15) is 5.82 Å². The number of nitrogens with two attached hydrogens (primary N) is 1. The number of rotatable bonds is 1. The Morgan fingerprint density at radius 3 is 2.60 bits per heavy atom. The Labute approximate surface area is 93.2 Å². The van der Waals surface area contributed by atoms with E-state index >= 15 is 0 Å². The summed E-state index contributed by atoms with van der Waals surface area (Å²) in [6.07, 6.45) is 1.29. The molecule has 1 aliphatic rings. The molecule has 1 fully saturated rings. The third-order valence-corrected chi connectivity index (χ3v) is 3.09. The molecule has 1 saturated heterocycles. The van der Waals surface area contributed by atoms with E-state index in [1.807, 2.05) is 0 Å². The van der Waals surface area contributed by atoms with Crippen LogP contribution in [-0.2, 0) is 10.3 Å². The monoisotopic (exact) mass is 229 g/mol. The predicted molar refractivity (Wildman–Crippen MR) is 57.3 cm³/mol. The summed E-state index contributed by atoms with van der Waals surface area (Å²) in [5, 5.41) is 0.395. The molecule has 1 aromatic carbocycles. The zero-order valence-corrected chi connectivity index (χ0v) is 9.06. The first-order valence-corrected chi connectivity index (χ1v) is 5.32. The second-order valence-electron chi connectivity index (χ2n) is 3.89. The SMILES string of the molecule is NC1(c2ccc(Cl)cc2F)CCOCC1. The average molecular weight is 230 g/mol. The van der Waals surface area contributed by atoms with Gasteiger partial charge in [-0.1, -0.05) is 17.7 Å². The van der Waals surface area contributed by atoms with E-state index in [0.29, 0.717) is 36.6 Å². The molecule has 1 aromatic rings.